The molecule has 1 aliphatic rings. The number of benzene rings is 1. The quantitative estimate of drug-likeness (QED) is 0.867. The van der Waals surface area contributed by atoms with Crippen LogP contribution in [-0.2, 0) is 0 Å². The van der Waals surface area contributed by atoms with E-state index in [1.165, 1.54) is 17.4 Å². The van der Waals surface area contributed by atoms with Gasteiger partial charge in [0.05, 0.1) is 7.11 Å². The van der Waals surface area contributed by atoms with Crippen molar-refractivity contribution in [1.29, 1.82) is 0 Å². The van der Waals surface area contributed by atoms with Gasteiger partial charge in [0.1, 0.15) is 17.8 Å². The molecule has 2 heterocycles. The number of nitrogens with zero attached hydrogens (tertiary/aromatic N) is 5. The van der Waals surface area contributed by atoms with Crippen molar-refractivity contribution in [2.75, 3.05) is 7.11 Å². The van der Waals surface area contributed by atoms with E-state index in [1.807, 2.05) is 4.90 Å². The Morgan fingerprint density at radius 1 is 1.26 bits per heavy atom. The third-order valence-electron chi connectivity index (χ3n) is 4.45. The van der Waals surface area contributed by atoms with Crippen molar-refractivity contribution in [2.45, 2.75) is 45.2 Å². The Kier molecular flexibility index (Phi) is 4.27. The zero-order valence-corrected chi connectivity index (χ0v) is 13.6. The summed E-state index contributed by atoms with van der Waals surface area (Å²) in [7, 11) is 1.58. The van der Waals surface area contributed by atoms with Crippen LogP contribution < -0.4 is 4.74 Å². The summed E-state index contributed by atoms with van der Waals surface area (Å²) in [6, 6.07) is 5.87. The largest absolute Gasteiger partial charge is 0.494 e. The van der Waals surface area contributed by atoms with Crippen LogP contribution in [0.25, 0.3) is 5.69 Å². The van der Waals surface area contributed by atoms with Gasteiger partial charge in [0.25, 0.3) is 5.91 Å². The average molecular weight is 315 g/mol. The number of likely N-dealkylation sites (tertiary alicyclic amines) is 1. The van der Waals surface area contributed by atoms with Crippen molar-refractivity contribution in [3.63, 3.8) is 0 Å². The molecule has 0 saturated carbocycles. The lowest BCUT2D eigenvalue weighted by atomic mass is 9.96. The van der Waals surface area contributed by atoms with Crippen LogP contribution in [0.15, 0.2) is 24.5 Å². The predicted octanol–water partition coefficient (Wildman–Crippen LogP) is 2.07. The summed E-state index contributed by atoms with van der Waals surface area (Å²) < 4.78 is 6.85. The van der Waals surface area contributed by atoms with Crippen molar-refractivity contribution < 1.29 is 9.53 Å². The minimum Gasteiger partial charge on any atom is -0.494 e. The fourth-order valence-corrected chi connectivity index (χ4v) is 3.24. The fourth-order valence-electron chi connectivity index (χ4n) is 3.24. The molecule has 3 rings (SSSR count). The number of carbonyl (C=O) groups excluding carboxylic acids is 1. The zero-order valence-electron chi connectivity index (χ0n) is 13.6. The lowest BCUT2D eigenvalue weighted by Gasteiger charge is -2.39. The van der Waals surface area contributed by atoms with Crippen molar-refractivity contribution in [3.05, 3.63) is 30.1 Å². The highest BCUT2D eigenvalue weighted by atomic mass is 16.5. The van der Waals surface area contributed by atoms with Crippen LogP contribution in [0.5, 0.6) is 5.75 Å². The van der Waals surface area contributed by atoms with Crippen LogP contribution in [0.1, 0.15) is 43.5 Å². The van der Waals surface area contributed by atoms with Crippen LogP contribution in [0.3, 0.4) is 0 Å². The molecule has 0 aliphatic carbocycles. The molecular weight excluding hydrogens is 294 g/mol. The third kappa shape index (κ3) is 2.91. The monoisotopic (exact) mass is 315 g/mol. The van der Waals surface area contributed by atoms with Gasteiger partial charge < -0.3 is 9.64 Å². The molecule has 2 atom stereocenters. The van der Waals surface area contributed by atoms with E-state index in [0.717, 1.165) is 12.8 Å². The first-order valence-electron chi connectivity index (χ1n) is 7.86. The summed E-state index contributed by atoms with van der Waals surface area (Å²) >= 11 is 0. The van der Waals surface area contributed by atoms with Gasteiger partial charge in [-0.1, -0.05) is 0 Å². The molecule has 1 aliphatic heterocycles. The summed E-state index contributed by atoms with van der Waals surface area (Å²) in [5.74, 6) is 0.662. The Morgan fingerprint density at radius 2 is 2.00 bits per heavy atom. The maximum atomic E-state index is 13.0. The maximum absolute atomic E-state index is 13.0. The first-order chi connectivity index (χ1) is 11.1. The molecular formula is C16H21N5O2. The lowest BCUT2D eigenvalue weighted by Crippen LogP contribution is -2.47. The van der Waals surface area contributed by atoms with Crippen molar-refractivity contribution >= 4 is 5.91 Å². The molecule has 122 valence electrons. The van der Waals surface area contributed by atoms with E-state index in [9.17, 15) is 4.79 Å². The predicted molar refractivity (Wildman–Crippen MR) is 84.7 cm³/mol. The number of amides is 1. The highest BCUT2D eigenvalue weighted by molar-refractivity contribution is 5.95. The van der Waals surface area contributed by atoms with Gasteiger partial charge in [-0.25, -0.2) is 0 Å². The molecule has 1 saturated heterocycles. The topological polar surface area (TPSA) is 73.1 Å². The Bertz CT molecular complexity index is 676. The van der Waals surface area contributed by atoms with Gasteiger partial charge in [-0.05, 0) is 61.7 Å². The molecule has 0 bridgehead atoms. The summed E-state index contributed by atoms with van der Waals surface area (Å²) in [6.45, 7) is 4.22. The normalized spacial score (nSPS) is 21.3. The molecule has 0 radical (unpaired) electrons. The van der Waals surface area contributed by atoms with Crippen LogP contribution in [0, 0.1) is 0 Å². The summed E-state index contributed by atoms with van der Waals surface area (Å²) in [6.07, 6.45) is 4.75. The SMILES string of the molecule is COc1ccc(C(=O)N2[C@@H](C)CCC[C@@H]2C)cc1-n1cnnn1. The molecule has 1 fully saturated rings. The molecule has 0 N–H and O–H groups in total. The van der Waals surface area contributed by atoms with E-state index < -0.39 is 0 Å². The van der Waals surface area contributed by atoms with Gasteiger partial charge in [-0.15, -0.1) is 5.10 Å². The van der Waals surface area contributed by atoms with Gasteiger partial charge in [0, 0.05) is 17.6 Å². The number of aromatic nitrogens is 4. The van der Waals surface area contributed by atoms with E-state index in [0.29, 0.717) is 17.0 Å². The van der Waals surface area contributed by atoms with Crippen LogP contribution >= 0.6 is 0 Å². The zero-order chi connectivity index (χ0) is 16.4. The van der Waals surface area contributed by atoms with Crippen LogP contribution in [0.2, 0.25) is 0 Å². The minimum absolute atomic E-state index is 0.0432. The van der Waals surface area contributed by atoms with Gasteiger partial charge in [0.2, 0.25) is 0 Å². The van der Waals surface area contributed by atoms with Gasteiger partial charge in [-0.3, -0.25) is 4.79 Å². The van der Waals surface area contributed by atoms with E-state index >= 15 is 0 Å². The number of carbonyl (C=O) groups is 1. The van der Waals surface area contributed by atoms with E-state index in [-0.39, 0.29) is 18.0 Å². The molecule has 7 heteroatoms. The van der Waals surface area contributed by atoms with E-state index in [1.54, 1.807) is 25.3 Å². The third-order valence-corrected chi connectivity index (χ3v) is 4.45. The van der Waals surface area contributed by atoms with Crippen molar-refractivity contribution in [2.24, 2.45) is 0 Å². The molecule has 1 amide bonds. The number of ether oxygens (including phenoxy) is 1. The maximum Gasteiger partial charge on any atom is 0.254 e. The molecule has 0 unspecified atom stereocenters. The number of piperidine rings is 1. The Hall–Kier alpha value is -2.44. The lowest BCUT2D eigenvalue weighted by molar-refractivity contribution is 0.0510. The highest BCUT2D eigenvalue weighted by Crippen LogP contribution is 2.28. The van der Waals surface area contributed by atoms with E-state index in [2.05, 4.69) is 29.4 Å². The van der Waals surface area contributed by atoms with Crippen molar-refractivity contribution in [1.82, 2.24) is 25.1 Å². The van der Waals surface area contributed by atoms with Crippen molar-refractivity contribution in [3.8, 4) is 11.4 Å². The minimum atomic E-state index is 0.0432. The molecule has 0 spiro atoms. The number of tetrazole rings is 1. The Labute approximate surface area is 135 Å². The van der Waals surface area contributed by atoms with E-state index in [4.69, 9.17) is 4.74 Å². The number of rotatable bonds is 3. The second kappa shape index (κ2) is 6.36. The fraction of sp³-hybridized carbons (Fsp3) is 0.500. The second-order valence-electron chi connectivity index (χ2n) is 5.98. The summed E-state index contributed by atoms with van der Waals surface area (Å²) in [5, 5.41) is 11.2. The Balaban J connectivity index is 1.97. The van der Waals surface area contributed by atoms with Crippen LogP contribution in [0.4, 0.5) is 0 Å². The summed E-state index contributed by atoms with van der Waals surface area (Å²) in [4.78, 5) is 14.9. The van der Waals surface area contributed by atoms with Gasteiger partial charge >= 0.3 is 0 Å². The first-order valence-corrected chi connectivity index (χ1v) is 7.86. The summed E-state index contributed by atoms with van der Waals surface area (Å²) in [5.41, 5.74) is 1.28. The second-order valence-corrected chi connectivity index (χ2v) is 5.98. The Morgan fingerprint density at radius 3 is 2.61 bits per heavy atom. The number of methoxy groups -OCH3 is 1. The van der Waals surface area contributed by atoms with Crippen LogP contribution in [-0.4, -0.2) is 50.2 Å². The van der Waals surface area contributed by atoms with Gasteiger partial charge in [-0.2, -0.15) is 4.68 Å². The molecule has 1 aromatic heterocycles. The number of hydrogen-bond acceptors (Lipinski definition) is 5. The average Bonchev–Trinajstić information content (AvgIpc) is 3.08. The first kappa shape index (κ1) is 15.5. The highest BCUT2D eigenvalue weighted by Gasteiger charge is 2.30. The molecule has 7 nitrogen and oxygen atoms in total. The van der Waals surface area contributed by atoms with Gasteiger partial charge in [0.15, 0.2) is 0 Å². The molecule has 23 heavy (non-hydrogen) atoms. The molecule has 1 aromatic carbocycles. The molecule has 2 aromatic rings. The standard InChI is InChI=1S/C16H21N5O2/c1-11-5-4-6-12(2)21(11)16(22)13-7-8-15(23-3)14(9-13)20-10-17-18-19-20/h7-12H,4-6H2,1-3H3/t11-,12-/m0/s1. The number of hydrogen-bond donors (Lipinski definition) is 0. The smallest absolute Gasteiger partial charge is 0.254 e.